The van der Waals surface area contributed by atoms with Crippen molar-refractivity contribution in [1.29, 1.82) is 0 Å². The number of hydrogen-bond acceptors (Lipinski definition) is 5. The lowest BCUT2D eigenvalue weighted by Gasteiger charge is -2.49. The van der Waals surface area contributed by atoms with E-state index in [0.29, 0.717) is 18.0 Å². The van der Waals surface area contributed by atoms with Crippen LogP contribution in [-0.2, 0) is 6.54 Å². The molecule has 0 amide bonds. The molecule has 0 spiro atoms. The lowest BCUT2D eigenvalue weighted by Crippen LogP contribution is -2.60. The molecule has 136 valence electrons. The minimum Gasteiger partial charge on any atom is -0.332 e. The fourth-order valence-electron chi connectivity index (χ4n) is 4.21. The number of nitrogens with zero attached hydrogens (tertiary/aromatic N) is 5. The molecule has 0 aliphatic carbocycles. The molecule has 1 aromatic rings. The first-order chi connectivity index (χ1) is 11.0. The smallest absolute Gasteiger partial charge is 0.225 e. The van der Waals surface area contributed by atoms with Crippen LogP contribution in [0.5, 0.6) is 0 Å². The maximum atomic E-state index is 4.71. The molecule has 2 bridgehead atoms. The summed E-state index contributed by atoms with van der Waals surface area (Å²) in [5.41, 5.74) is 1.20. The van der Waals surface area contributed by atoms with Gasteiger partial charge in [-0.3, -0.25) is 0 Å². The van der Waals surface area contributed by atoms with Crippen LogP contribution in [0.25, 0.3) is 0 Å². The van der Waals surface area contributed by atoms with Crippen LogP contribution >= 0.6 is 0 Å². The van der Waals surface area contributed by atoms with E-state index in [1.165, 1.54) is 24.8 Å². The van der Waals surface area contributed by atoms with Crippen LogP contribution in [0.2, 0.25) is 0 Å². The van der Waals surface area contributed by atoms with E-state index >= 15 is 0 Å². The highest BCUT2D eigenvalue weighted by molar-refractivity contribution is 5.36. The number of fused-ring (bicyclic) bond motifs is 2. The van der Waals surface area contributed by atoms with Gasteiger partial charge in [0.1, 0.15) is 0 Å². The highest BCUT2D eigenvalue weighted by atomic mass is 15.4. The van der Waals surface area contributed by atoms with Gasteiger partial charge in [0.2, 0.25) is 5.95 Å². The second kappa shape index (κ2) is 8.26. The van der Waals surface area contributed by atoms with Gasteiger partial charge in [-0.2, -0.15) is 0 Å². The first-order valence-electron chi connectivity index (χ1n) is 8.99. The predicted octanol–water partition coefficient (Wildman–Crippen LogP) is 2.87. The van der Waals surface area contributed by atoms with Crippen molar-refractivity contribution in [2.24, 2.45) is 5.92 Å². The molecule has 2 atom stereocenters. The van der Waals surface area contributed by atoms with Crippen molar-refractivity contribution in [2.45, 2.75) is 59.2 Å². The van der Waals surface area contributed by atoms with E-state index in [4.69, 9.17) is 9.97 Å². The number of aromatic nitrogens is 2. The Morgan fingerprint density at radius 1 is 1.17 bits per heavy atom. The monoisotopic (exact) mass is 333 g/mol. The van der Waals surface area contributed by atoms with E-state index in [-0.39, 0.29) is 7.43 Å². The molecule has 0 N–H and O–H groups in total. The van der Waals surface area contributed by atoms with Crippen molar-refractivity contribution in [3.63, 3.8) is 0 Å². The van der Waals surface area contributed by atoms with Gasteiger partial charge in [0.05, 0.1) is 0 Å². The van der Waals surface area contributed by atoms with Crippen LogP contribution in [0.15, 0.2) is 12.4 Å². The van der Waals surface area contributed by atoms with Crippen LogP contribution in [0.1, 0.15) is 46.1 Å². The summed E-state index contributed by atoms with van der Waals surface area (Å²) in [6.07, 6.45) is 7.92. The molecule has 2 aliphatic heterocycles. The van der Waals surface area contributed by atoms with Crippen molar-refractivity contribution >= 4 is 5.95 Å². The highest BCUT2D eigenvalue weighted by Crippen LogP contribution is 2.30. The van der Waals surface area contributed by atoms with E-state index in [9.17, 15) is 0 Å². The van der Waals surface area contributed by atoms with Crippen molar-refractivity contribution in [3.8, 4) is 0 Å². The number of likely N-dealkylation sites (tertiary alicyclic amines) is 1. The summed E-state index contributed by atoms with van der Waals surface area (Å²) in [6.45, 7) is 8.81. The second-order valence-electron chi connectivity index (χ2n) is 7.85. The number of rotatable bonds is 5. The molecular weight excluding hydrogens is 298 g/mol. The normalized spacial score (nSPS) is 24.3. The third kappa shape index (κ3) is 4.45. The Labute approximate surface area is 148 Å². The summed E-state index contributed by atoms with van der Waals surface area (Å²) in [4.78, 5) is 16.7. The Kier molecular flexibility index (Phi) is 6.58. The predicted molar refractivity (Wildman–Crippen MR) is 101 cm³/mol. The van der Waals surface area contributed by atoms with Gasteiger partial charge in [0, 0.05) is 56.2 Å². The maximum absolute atomic E-state index is 4.71. The van der Waals surface area contributed by atoms with Crippen molar-refractivity contribution in [2.75, 3.05) is 38.6 Å². The standard InChI is InChI=1S/C18H31N5.CH4/c1-14(2)10-21(3)11-15-8-19-18(20-9-15)23-16-6-5-7-17(23)13-22(4)12-16;/h8-9,14,16-17H,5-7,10-13H2,1-4H3;1H4. The molecule has 3 rings (SSSR count). The topological polar surface area (TPSA) is 35.5 Å². The highest BCUT2D eigenvalue weighted by Gasteiger charge is 2.37. The molecule has 0 radical (unpaired) electrons. The zero-order chi connectivity index (χ0) is 16.4. The van der Waals surface area contributed by atoms with Crippen molar-refractivity contribution in [1.82, 2.24) is 19.8 Å². The maximum Gasteiger partial charge on any atom is 0.225 e. The zero-order valence-electron chi connectivity index (χ0n) is 15.1. The molecule has 5 nitrogen and oxygen atoms in total. The van der Waals surface area contributed by atoms with Crippen molar-refractivity contribution < 1.29 is 0 Å². The average molecular weight is 334 g/mol. The quantitative estimate of drug-likeness (QED) is 0.828. The van der Waals surface area contributed by atoms with Crippen LogP contribution in [0, 0.1) is 5.92 Å². The molecule has 2 aliphatic rings. The van der Waals surface area contributed by atoms with Crippen LogP contribution in [0.4, 0.5) is 5.95 Å². The fourth-order valence-corrected chi connectivity index (χ4v) is 4.21. The number of likely N-dealkylation sites (N-methyl/N-ethyl adjacent to an activating group) is 1. The van der Waals surface area contributed by atoms with E-state index in [1.807, 2.05) is 12.4 Å². The van der Waals surface area contributed by atoms with Gasteiger partial charge in [0.15, 0.2) is 0 Å². The van der Waals surface area contributed by atoms with Crippen LogP contribution in [0.3, 0.4) is 0 Å². The SMILES string of the molecule is C.CC(C)CN(C)Cc1cnc(N2C3CCCC2CN(C)C3)nc1. The van der Waals surface area contributed by atoms with Gasteiger partial charge in [-0.1, -0.05) is 21.3 Å². The number of piperidine rings is 1. The molecule has 0 aromatic carbocycles. The molecular formula is C19H35N5. The van der Waals surface area contributed by atoms with Gasteiger partial charge < -0.3 is 14.7 Å². The van der Waals surface area contributed by atoms with E-state index < -0.39 is 0 Å². The average Bonchev–Trinajstić information content (AvgIpc) is 2.46. The van der Waals surface area contributed by atoms with Crippen LogP contribution < -0.4 is 4.90 Å². The first kappa shape index (κ1) is 19.1. The van der Waals surface area contributed by atoms with Gasteiger partial charge in [-0.05, 0) is 39.3 Å². The Balaban J connectivity index is 0.00000208. The molecule has 2 fully saturated rings. The lowest BCUT2D eigenvalue weighted by atomic mass is 9.92. The van der Waals surface area contributed by atoms with E-state index in [2.05, 4.69) is 42.6 Å². The summed E-state index contributed by atoms with van der Waals surface area (Å²) in [5, 5.41) is 0. The number of hydrogen-bond donors (Lipinski definition) is 0. The minimum absolute atomic E-state index is 0. The van der Waals surface area contributed by atoms with E-state index in [1.54, 1.807) is 0 Å². The number of piperazine rings is 1. The molecule has 24 heavy (non-hydrogen) atoms. The fraction of sp³-hybridized carbons (Fsp3) is 0.789. The summed E-state index contributed by atoms with van der Waals surface area (Å²) < 4.78 is 0. The molecule has 2 unspecified atom stereocenters. The van der Waals surface area contributed by atoms with Crippen molar-refractivity contribution in [3.05, 3.63) is 18.0 Å². The molecule has 2 saturated heterocycles. The minimum atomic E-state index is 0. The summed E-state index contributed by atoms with van der Waals surface area (Å²) >= 11 is 0. The molecule has 1 aromatic heterocycles. The second-order valence-corrected chi connectivity index (χ2v) is 7.85. The summed E-state index contributed by atoms with van der Waals surface area (Å²) in [5.74, 6) is 1.62. The van der Waals surface area contributed by atoms with E-state index in [0.717, 1.165) is 32.1 Å². The zero-order valence-corrected chi connectivity index (χ0v) is 15.1. The molecule has 5 heteroatoms. The molecule has 3 heterocycles. The summed E-state index contributed by atoms with van der Waals surface area (Å²) in [6, 6.07) is 1.17. The third-order valence-corrected chi connectivity index (χ3v) is 4.96. The van der Waals surface area contributed by atoms with Gasteiger partial charge in [-0.15, -0.1) is 0 Å². The molecule has 0 saturated carbocycles. The van der Waals surface area contributed by atoms with Gasteiger partial charge in [-0.25, -0.2) is 9.97 Å². The Bertz CT molecular complexity index is 487. The largest absolute Gasteiger partial charge is 0.332 e. The Hall–Kier alpha value is -1.20. The lowest BCUT2D eigenvalue weighted by molar-refractivity contribution is 0.182. The first-order valence-corrected chi connectivity index (χ1v) is 8.99. The Morgan fingerprint density at radius 2 is 1.75 bits per heavy atom. The Morgan fingerprint density at radius 3 is 2.29 bits per heavy atom. The van der Waals surface area contributed by atoms with Gasteiger partial charge >= 0.3 is 0 Å². The summed E-state index contributed by atoms with van der Waals surface area (Å²) in [7, 11) is 4.40. The number of anilines is 1. The van der Waals surface area contributed by atoms with Crippen LogP contribution in [-0.4, -0.2) is 65.6 Å². The third-order valence-electron chi connectivity index (χ3n) is 4.96. The van der Waals surface area contributed by atoms with Gasteiger partial charge in [0.25, 0.3) is 0 Å².